The summed E-state index contributed by atoms with van der Waals surface area (Å²) in [5.41, 5.74) is 6.58. The van der Waals surface area contributed by atoms with Gasteiger partial charge in [0.2, 0.25) is 0 Å². The standard InChI is InChI=1S/C20H24N3.F6P/c1-3-19-12-17(16-8-6-5-7-9-16)13-20(4-2)23(19)11-10-18-14-21-15-22-18;1-7(2,3,4,5)6/h5-9,12-15H,3-4,10-11H2,1-2H3,(H,21,22);/q+1;-1. The van der Waals surface area contributed by atoms with Crippen molar-refractivity contribution in [3.05, 3.63) is 72.1 Å². The van der Waals surface area contributed by atoms with Crippen LogP contribution in [0.15, 0.2) is 55.0 Å². The Labute approximate surface area is 171 Å². The number of pyridine rings is 1. The number of H-pyrrole nitrogens is 1. The fourth-order valence-corrected chi connectivity index (χ4v) is 3.06. The van der Waals surface area contributed by atoms with Gasteiger partial charge in [-0.2, -0.15) is 4.57 Å². The zero-order valence-electron chi connectivity index (χ0n) is 16.6. The van der Waals surface area contributed by atoms with E-state index in [1.165, 1.54) is 28.2 Å². The molecule has 0 fully saturated rings. The maximum absolute atomic E-state index is 10.7. The van der Waals surface area contributed by atoms with Crippen LogP contribution in [0.3, 0.4) is 0 Å². The molecule has 3 nitrogen and oxygen atoms in total. The first-order chi connectivity index (χ1) is 13.8. The molecule has 3 rings (SSSR count). The number of aromatic amines is 1. The minimum absolute atomic E-state index is 0.981. The van der Waals surface area contributed by atoms with Crippen LogP contribution in [0.5, 0.6) is 0 Å². The van der Waals surface area contributed by atoms with Gasteiger partial charge in [0.05, 0.1) is 6.33 Å². The minimum atomic E-state index is -10.7. The first-order valence-electron chi connectivity index (χ1n) is 9.41. The molecule has 30 heavy (non-hydrogen) atoms. The van der Waals surface area contributed by atoms with Gasteiger partial charge in [-0.1, -0.05) is 44.2 Å². The molecule has 0 amide bonds. The molecular weight excluding hydrogens is 427 g/mol. The van der Waals surface area contributed by atoms with E-state index in [9.17, 15) is 25.2 Å². The molecule has 10 heteroatoms. The van der Waals surface area contributed by atoms with Crippen molar-refractivity contribution >= 4 is 7.81 Å². The van der Waals surface area contributed by atoms with Crippen LogP contribution in [-0.2, 0) is 25.8 Å². The Bertz CT molecular complexity index is 919. The molecule has 0 aliphatic rings. The van der Waals surface area contributed by atoms with E-state index < -0.39 is 7.81 Å². The second-order valence-electron chi connectivity index (χ2n) is 6.74. The van der Waals surface area contributed by atoms with Crippen molar-refractivity contribution in [2.45, 2.75) is 39.7 Å². The number of imidazole rings is 1. The van der Waals surface area contributed by atoms with Crippen LogP contribution in [0.4, 0.5) is 25.2 Å². The van der Waals surface area contributed by atoms with Crippen LogP contribution in [0.25, 0.3) is 11.1 Å². The molecule has 0 aliphatic heterocycles. The molecule has 0 bridgehead atoms. The van der Waals surface area contributed by atoms with Crippen LogP contribution in [0.2, 0.25) is 0 Å². The number of halogens is 6. The Morgan fingerprint density at radius 2 is 1.40 bits per heavy atom. The molecular formula is C20H24F6N3P. The summed E-state index contributed by atoms with van der Waals surface area (Å²) < 4.78 is 61.7. The third-order valence-electron chi connectivity index (χ3n) is 4.33. The number of aromatic nitrogens is 3. The average molecular weight is 451 g/mol. The van der Waals surface area contributed by atoms with Gasteiger partial charge in [0, 0.05) is 43.3 Å². The molecule has 1 N–H and O–H groups in total. The summed E-state index contributed by atoms with van der Waals surface area (Å²) in [5, 5.41) is 0. The van der Waals surface area contributed by atoms with Crippen LogP contribution < -0.4 is 4.57 Å². The van der Waals surface area contributed by atoms with Gasteiger partial charge in [0.25, 0.3) is 0 Å². The van der Waals surface area contributed by atoms with Crippen molar-refractivity contribution in [3.63, 3.8) is 0 Å². The van der Waals surface area contributed by atoms with E-state index in [4.69, 9.17) is 0 Å². The molecule has 2 aromatic heterocycles. The quantitative estimate of drug-likeness (QED) is 0.242. The molecule has 0 saturated carbocycles. The number of rotatable bonds is 6. The van der Waals surface area contributed by atoms with Gasteiger partial charge in [-0.15, -0.1) is 0 Å². The average Bonchev–Trinajstić information content (AvgIpc) is 3.17. The second-order valence-corrected chi connectivity index (χ2v) is 8.65. The fraction of sp³-hybridized carbons (Fsp3) is 0.300. The zero-order valence-corrected chi connectivity index (χ0v) is 17.5. The van der Waals surface area contributed by atoms with Gasteiger partial charge in [0.15, 0.2) is 17.9 Å². The summed E-state index contributed by atoms with van der Waals surface area (Å²) in [6.07, 6.45) is 6.72. The van der Waals surface area contributed by atoms with Crippen molar-refractivity contribution in [1.29, 1.82) is 0 Å². The van der Waals surface area contributed by atoms with E-state index in [-0.39, 0.29) is 0 Å². The monoisotopic (exact) mass is 451 g/mol. The van der Waals surface area contributed by atoms with Gasteiger partial charge < -0.3 is 4.98 Å². The Morgan fingerprint density at radius 1 is 0.867 bits per heavy atom. The van der Waals surface area contributed by atoms with E-state index in [1.807, 2.05) is 6.20 Å². The SMILES string of the molecule is CCc1cc(-c2ccccc2)cc(CC)[n+]1CCc1cnc[nH]1.F[P-](F)(F)(F)(F)F. The topological polar surface area (TPSA) is 32.6 Å². The van der Waals surface area contributed by atoms with Crippen LogP contribution in [0.1, 0.15) is 30.9 Å². The Balaban J connectivity index is 0.000000396. The predicted octanol–water partition coefficient (Wildman–Crippen LogP) is 7.11. The van der Waals surface area contributed by atoms with Crippen LogP contribution >= 0.6 is 7.81 Å². The third kappa shape index (κ3) is 8.95. The zero-order chi connectivity index (χ0) is 22.5. The molecule has 0 atom stereocenters. The molecule has 3 aromatic rings. The van der Waals surface area contributed by atoms with Gasteiger partial charge in [0.1, 0.15) is 0 Å². The van der Waals surface area contributed by atoms with Gasteiger partial charge >= 0.3 is 33.0 Å². The molecule has 166 valence electrons. The molecule has 0 unspecified atom stereocenters. The summed E-state index contributed by atoms with van der Waals surface area (Å²) in [6, 6.07) is 15.3. The van der Waals surface area contributed by atoms with Gasteiger partial charge in [-0.3, -0.25) is 0 Å². The first kappa shape index (κ1) is 23.9. The fourth-order valence-electron chi connectivity index (χ4n) is 3.06. The molecule has 2 heterocycles. The Kier molecular flexibility index (Phi) is 6.66. The third-order valence-corrected chi connectivity index (χ3v) is 4.33. The van der Waals surface area contributed by atoms with E-state index >= 15 is 0 Å². The molecule has 0 aliphatic carbocycles. The van der Waals surface area contributed by atoms with E-state index in [0.29, 0.717) is 0 Å². The molecule has 1 aromatic carbocycles. The van der Waals surface area contributed by atoms with Gasteiger partial charge in [-0.25, -0.2) is 4.98 Å². The number of nitrogens with zero attached hydrogens (tertiary/aromatic N) is 2. The summed E-state index contributed by atoms with van der Waals surface area (Å²) in [4.78, 5) is 7.30. The maximum atomic E-state index is 9.87. The summed E-state index contributed by atoms with van der Waals surface area (Å²) in [7, 11) is -10.7. The molecule has 0 radical (unpaired) electrons. The Hall–Kier alpha value is -2.41. The Morgan fingerprint density at radius 3 is 1.83 bits per heavy atom. The number of benzene rings is 1. The van der Waals surface area contributed by atoms with Crippen molar-refractivity contribution in [2.75, 3.05) is 0 Å². The predicted molar refractivity (Wildman–Crippen MR) is 107 cm³/mol. The number of hydrogen-bond donors (Lipinski definition) is 1. The molecule has 0 saturated heterocycles. The van der Waals surface area contributed by atoms with Crippen molar-refractivity contribution < 1.29 is 29.7 Å². The van der Waals surface area contributed by atoms with Crippen molar-refractivity contribution in [1.82, 2.24) is 9.97 Å². The number of aryl methyl sites for hydroxylation is 3. The van der Waals surface area contributed by atoms with E-state index in [1.54, 1.807) is 6.33 Å². The van der Waals surface area contributed by atoms with Crippen molar-refractivity contribution in [3.8, 4) is 11.1 Å². The van der Waals surface area contributed by atoms with Crippen LogP contribution in [-0.4, -0.2) is 9.97 Å². The second kappa shape index (κ2) is 8.38. The van der Waals surface area contributed by atoms with Gasteiger partial charge in [-0.05, 0) is 11.1 Å². The number of hydrogen-bond acceptors (Lipinski definition) is 1. The van der Waals surface area contributed by atoms with Crippen molar-refractivity contribution in [2.24, 2.45) is 0 Å². The number of nitrogens with one attached hydrogen (secondary N) is 1. The molecule has 0 spiro atoms. The van der Waals surface area contributed by atoms with Crippen LogP contribution in [0, 0.1) is 0 Å². The normalized spacial score (nSPS) is 13.7. The summed E-state index contributed by atoms with van der Waals surface area (Å²) >= 11 is 0. The summed E-state index contributed by atoms with van der Waals surface area (Å²) in [5.74, 6) is 0. The first-order valence-corrected chi connectivity index (χ1v) is 11.4. The summed E-state index contributed by atoms with van der Waals surface area (Å²) in [6.45, 7) is 5.45. The van der Waals surface area contributed by atoms with E-state index in [2.05, 4.69) is 70.8 Å². The van der Waals surface area contributed by atoms with E-state index in [0.717, 1.165) is 25.8 Å².